The minimum Gasteiger partial charge on any atom is -0.476 e. The van der Waals surface area contributed by atoms with Gasteiger partial charge in [0.25, 0.3) is 10.0 Å². The van der Waals surface area contributed by atoms with Crippen LogP contribution in [0.25, 0.3) is 0 Å². The highest BCUT2D eigenvalue weighted by molar-refractivity contribution is 7.92. The van der Waals surface area contributed by atoms with Crippen LogP contribution in [0.4, 0.5) is 5.88 Å². The predicted octanol–water partition coefficient (Wildman–Crippen LogP) is 0.822. The van der Waals surface area contributed by atoms with Crippen LogP contribution in [0.1, 0.15) is 27.4 Å². The molecule has 0 aromatic carbocycles. The topological polar surface area (TPSA) is 138 Å². The molecule has 9 nitrogen and oxygen atoms in total. The lowest BCUT2D eigenvalue weighted by Gasteiger charge is -2.05. The van der Waals surface area contributed by atoms with Gasteiger partial charge in [0, 0.05) is 5.56 Å². The lowest BCUT2D eigenvalue weighted by molar-refractivity contribution is 0.0686. The number of anilines is 1. The largest absolute Gasteiger partial charge is 0.476 e. The molecule has 3 N–H and O–H groups in total. The maximum Gasteiger partial charge on any atom is 0.357 e. The number of hydrogen-bond acceptors (Lipinski definition) is 6. The molecule has 0 unspecified atom stereocenters. The maximum atomic E-state index is 12.2. The van der Waals surface area contributed by atoms with Gasteiger partial charge in [-0.2, -0.15) is 5.10 Å². The first-order chi connectivity index (χ1) is 9.24. The van der Waals surface area contributed by atoms with E-state index in [1.807, 2.05) is 0 Å². The summed E-state index contributed by atoms with van der Waals surface area (Å²) in [5.74, 6) is -1.50. The summed E-state index contributed by atoms with van der Waals surface area (Å²) in [7, 11) is -4.14. The Morgan fingerprint density at radius 1 is 1.35 bits per heavy atom. The third-order valence-corrected chi connectivity index (χ3v) is 4.24. The number of nitrogens with one attached hydrogen (secondary N) is 2. The first-order valence-electron chi connectivity index (χ1n) is 5.48. The van der Waals surface area contributed by atoms with Gasteiger partial charge in [0.15, 0.2) is 5.69 Å². The zero-order valence-electron chi connectivity index (χ0n) is 10.9. The van der Waals surface area contributed by atoms with Crippen LogP contribution < -0.4 is 4.72 Å². The molecular formula is C10H12N4O5S. The van der Waals surface area contributed by atoms with Gasteiger partial charge >= 0.3 is 5.97 Å². The van der Waals surface area contributed by atoms with E-state index >= 15 is 0 Å². The summed E-state index contributed by atoms with van der Waals surface area (Å²) < 4.78 is 31.5. The Morgan fingerprint density at radius 2 is 2.00 bits per heavy atom. The summed E-state index contributed by atoms with van der Waals surface area (Å²) >= 11 is 0. The number of hydrogen-bond donors (Lipinski definition) is 3. The van der Waals surface area contributed by atoms with Crippen LogP contribution in [-0.4, -0.2) is 34.8 Å². The van der Waals surface area contributed by atoms with Crippen molar-refractivity contribution in [3.05, 3.63) is 22.6 Å². The summed E-state index contributed by atoms with van der Waals surface area (Å²) in [6, 6.07) is 0. The molecule has 0 fully saturated rings. The van der Waals surface area contributed by atoms with E-state index in [9.17, 15) is 13.2 Å². The lowest BCUT2D eigenvalue weighted by atomic mass is 10.3. The first kappa shape index (κ1) is 14.1. The Hall–Kier alpha value is -2.36. The number of sulfonamides is 1. The van der Waals surface area contributed by atoms with E-state index in [0.29, 0.717) is 11.3 Å². The SMILES string of the molecule is Cc1noc(NS(=O)(=O)c2c(C(=O)O)n[nH]c2C)c1C. The van der Waals surface area contributed by atoms with E-state index < -0.39 is 26.6 Å². The Balaban J connectivity index is 2.49. The Morgan fingerprint density at radius 3 is 2.50 bits per heavy atom. The summed E-state index contributed by atoms with van der Waals surface area (Å²) in [5.41, 5.74) is 0.587. The second-order valence-electron chi connectivity index (χ2n) is 4.16. The summed E-state index contributed by atoms with van der Waals surface area (Å²) in [6.45, 7) is 4.69. The quantitative estimate of drug-likeness (QED) is 0.759. The number of H-pyrrole nitrogens is 1. The molecule has 2 aromatic heterocycles. The van der Waals surface area contributed by atoms with Crippen molar-refractivity contribution in [2.24, 2.45) is 0 Å². The average molecular weight is 300 g/mol. The molecule has 20 heavy (non-hydrogen) atoms. The van der Waals surface area contributed by atoms with Crippen molar-refractivity contribution < 1.29 is 22.8 Å². The first-order valence-corrected chi connectivity index (χ1v) is 6.96. The Labute approximate surface area is 114 Å². The molecule has 0 aliphatic carbocycles. The summed E-state index contributed by atoms with van der Waals surface area (Å²) in [5, 5.41) is 18.4. The highest BCUT2D eigenvalue weighted by Gasteiger charge is 2.29. The van der Waals surface area contributed by atoms with E-state index in [0.717, 1.165) is 0 Å². The highest BCUT2D eigenvalue weighted by Crippen LogP contribution is 2.24. The number of aromatic amines is 1. The van der Waals surface area contributed by atoms with Gasteiger partial charge in [-0.3, -0.25) is 5.10 Å². The van der Waals surface area contributed by atoms with Crippen LogP contribution >= 0.6 is 0 Å². The van der Waals surface area contributed by atoms with E-state index in [1.165, 1.54) is 6.92 Å². The molecule has 0 saturated heterocycles. The van der Waals surface area contributed by atoms with Crippen molar-refractivity contribution in [1.29, 1.82) is 0 Å². The van der Waals surface area contributed by atoms with Crippen LogP contribution in [0.2, 0.25) is 0 Å². The van der Waals surface area contributed by atoms with Gasteiger partial charge in [-0.05, 0) is 20.8 Å². The van der Waals surface area contributed by atoms with Crippen molar-refractivity contribution in [2.75, 3.05) is 4.72 Å². The number of rotatable bonds is 4. The molecule has 2 aromatic rings. The van der Waals surface area contributed by atoms with Gasteiger partial charge in [0.1, 0.15) is 4.90 Å². The van der Waals surface area contributed by atoms with Crippen molar-refractivity contribution in [3.8, 4) is 0 Å². The fourth-order valence-electron chi connectivity index (χ4n) is 1.58. The third kappa shape index (κ3) is 2.25. The molecule has 0 radical (unpaired) electrons. The van der Waals surface area contributed by atoms with Crippen LogP contribution in [0.3, 0.4) is 0 Å². The van der Waals surface area contributed by atoms with Crippen LogP contribution in [0.15, 0.2) is 9.42 Å². The summed E-state index contributed by atoms with van der Waals surface area (Å²) in [6.07, 6.45) is 0. The fraction of sp³-hybridized carbons (Fsp3) is 0.300. The van der Waals surface area contributed by atoms with Gasteiger partial charge < -0.3 is 9.63 Å². The molecule has 0 bridgehead atoms. The molecule has 108 valence electrons. The van der Waals surface area contributed by atoms with Gasteiger partial charge in [0.05, 0.1) is 11.4 Å². The second kappa shape index (κ2) is 4.63. The molecule has 10 heteroatoms. The number of carboxylic acid groups (broad SMARTS) is 1. The Bertz CT molecular complexity index is 774. The van der Waals surface area contributed by atoms with E-state index in [4.69, 9.17) is 9.63 Å². The lowest BCUT2D eigenvalue weighted by Crippen LogP contribution is -2.17. The molecule has 0 amide bonds. The monoisotopic (exact) mass is 300 g/mol. The highest BCUT2D eigenvalue weighted by atomic mass is 32.2. The number of carbonyl (C=O) groups is 1. The minimum atomic E-state index is -4.14. The zero-order chi connectivity index (χ0) is 15.1. The fourth-order valence-corrected chi connectivity index (χ4v) is 2.95. The van der Waals surface area contributed by atoms with Gasteiger partial charge in [-0.1, -0.05) is 5.16 Å². The van der Waals surface area contributed by atoms with Crippen molar-refractivity contribution >= 4 is 21.9 Å². The number of aryl methyl sites for hydroxylation is 2. The molecule has 0 atom stereocenters. The van der Waals surface area contributed by atoms with Crippen molar-refractivity contribution in [3.63, 3.8) is 0 Å². The number of carboxylic acids is 1. The van der Waals surface area contributed by atoms with Crippen molar-refractivity contribution in [1.82, 2.24) is 15.4 Å². The average Bonchev–Trinajstić information content (AvgIpc) is 2.87. The molecule has 2 heterocycles. The van der Waals surface area contributed by atoms with Crippen LogP contribution in [0.5, 0.6) is 0 Å². The Kier molecular flexibility index (Phi) is 3.26. The zero-order valence-corrected chi connectivity index (χ0v) is 11.7. The van der Waals surface area contributed by atoms with Gasteiger partial charge in [-0.25, -0.2) is 17.9 Å². The van der Waals surface area contributed by atoms with Crippen molar-refractivity contribution in [2.45, 2.75) is 25.7 Å². The molecular weight excluding hydrogens is 288 g/mol. The third-order valence-electron chi connectivity index (χ3n) is 2.75. The second-order valence-corrected chi connectivity index (χ2v) is 5.78. The molecule has 0 aliphatic heterocycles. The maximum absolute atomic E-state index is 12.2. The predicted molar refractivity (Wildman–Crippen MR) is 67.1 cm³/mol. The number of aromatic carboxylic acids is 1. The summed E-state index contributed by atoms with van der Waals surface area (Å²) in [4.78, 5) is 10.6. The minimum absolute atomic E-state index is 0.0561. The van der Waals surface area contributed by atoms with E-state index in [2.05, 4.69) is 20.1 Å². The van der Waals surface area contributed by atoms with Gasteiger partial charge in [0.2, 0.25) is 5.88 Å². The van der Waals surface area contributed by atoms with Crippen LogP contribution in [0, 0.1) is 20.8 Å². The van der Waals surface area contributed by atoms with Gasteiger partial charge in [-0.15, -0.1) is 0 Å². The number of aromatic nitrogens is 3. The molecule has 2 rings (SSSR count). The molecule has 0 spiro atoms. The normalized spacial score (nSPS) is 11.6. The molecule has 0 aliphatic rings. The molecule has 0 saturated carbocycles. The number of nitrogens with zero attached hydrogens (tertiary/aromatic N) is 2. The smallest absolute Gasteiger partial charge is 0.357 e. The standard InChI is InChI=1S/C10H12N4O5S/c1-4-5(2)13-19-9(4)14-20(17,18)8-6(3)11-12-7(8)10(15)16/h14H,1-3H3,(H,11,12)(H,15,16). The van der Waals surface area contributed by atoms with E-state index in [-0.39, 0.29) is 11.6 Å². The van der Waals surface area contributed by atoms with E-state index in [1.54, 1.807) is 13.8 Å². The van der Waals surface area contributed by atoms with Crippen LogP contribution in [-0.2, 0) is 10.0 Å².